The summed E-state index contributed by atoms with van der Waals surface area (Å²) in [4.78, 5) is 0. The van der Waals surface area contributed by atoms with Gasteiger partial charge in [0.05, 0.1) is 0 Å². The molecule has 6 heteroatoms. The zero-order chi connectivity index (χ0) is 20.9. The van der Waals surface area contributed by atoms with E-state index in [4.69, 9.17) is 0 Å². The Kier molecular flexibility index (Phi) is 7.17. The van der Waals surface area contributed by atoms with Crippen molar-refractivity contribution in [3.63, 3.8) is 0 Å². The number of rotatable bonds is 6. The SMILES string of the molecule is Fc1ccc([Se]c2cc([Se]c3ccc(F)cc3)cc([Se]c3ccc(F)cc3)c2)cc1. The van der Waals surface area contributed by atoms with Gasteiger partial charge in [-0.25, -0.2) is 0 Å². The van der Waals surface area contributed by atoms with Gasteiger partial charge in [-0.3, -0.25) is 0 Å². The first-order valence-corrected chi connectivity index (χ1v) is 14.1. The molecule has 150 valence electrons. The van der Waals surface area contributed by atoms with Crippen LogP contribution < -0.4 is 26.8 Å². The Hall–Kier alpha value is -1.77. The summed E-state index contributed by atoms with van der Waals surface area (Å²) in [5.74, 6) is -0.699. The Labute approximate surface area is 192 Å². The van der Waals surface area contributed by atoms with Gasteiger partial charge in [-0.1, -0.05) is 0 Å². The van der Waals surface area contributed by atoms with E-state index in [9.17, 15) is 13.2 Å². The Morgan fingerprint density at radius 3 is 0.800 bits per heavy atom. The van der Waals surface area contributed by atoms with Crippen LogP contribution >= 0.6 is 0 Å². The molecule has 4 aromatic carbocycles. The van der Waals surface area contributed by atoms with Gasteiger partial charge in [-0.15, -0.1) is 0 Å². The second kappa shape index (κ2) is 10.0. The molecule has 4 rings (SSSR count). The second-order valence-electron chi connectivity index (χ2n) is 6.31. The zero-order valence-corrected chi connectivity index (χ0v) is 20.7. The fraction of sp³-hybridized carbons (Fsp3) is 0. The van der Waals surface area contributed by atoms with Gasteiger partial charge in [0.2, 0.25) is 0 Å². The number of hydrogen-bond donors (Lipinski definition) is 0. The molecule has 4 aromatic rings. The van der Waals surface area contributed by atoms with Crippen LogP contribution in [0.5, 0.6) is 0 Å². The fourth-order valence-electron chi connectivity index (χ4n) is 2.64. The molecule has 0 bridgehead atoms. The molecule has 0 aliphatic carbocycles. The van der Waals surface area contributed by atoms with Crippen molar-refractivity contribution in [1.29, 1.82) is 0 Å². The summed E-state index contributed by atoms with van der Waals surface area (Å²) in [6, 6.07) is 26.6. The van der Waals surface area contributed by atoms with E-state index in [-0.39, 0.29) is 62.3 Å². The molecule has 0 nitrogen and oxygen atoms in total. The monoisotopic (exact) mass is 600 g/mol. The molecule has 0 fully saturated rings. The Morgan fingerprint density at radius 2 is 0.567 bits per heavy atom. The first kappa shape index (κ1) is 21.5. The van der Waals surface area contributed by atoms with Crippen LogP contribution in [-0.2, 0) is 0 Å². The molecular weight excluding hydrogens is 582 g/mol. The summed E-state index contributed by atoms with van der Waals surface area (Å²) in [6.45, 7) is 0. The molecule has 0 aliphatic heterocycles. The summed E-state index contributed by atoms with van der Waals surface area (Å²) in [7, 11) is 0. The zero-order valence-electron chi connectivity index (χ0n) is 15.5. The predicted molar refractivity (Wildman–Crippen MR) is 121 cm³/mol. The van der Waals surface area contributed by atoms with Gasteiger partial charge in [-0.2, -0.15) is 0 Å². The maximum absolute atomic E-state index is 13.3. The Balaban J connectivity index is 1.64. The molecule has 0 aliphatic rings. The third kappa shape index (κ3) is 6.12. The van der Waals surface area contributed by atoms with Crippen LogP contribution in [0.2, 0.25) is 0 Å². The average Bonchev–Trinajstić information content (AvgIpc) is 2.73. The van der Waals surface area contributed by atoms with E-state index in [0.717, 1.165) is 13.4 Å². The predicted octanol–water partition coefficient (Wildman–Crippen LogP) is 1.07. The van der Waals surface area contributed by atoms with Crippen molar-refractivity contribution in [3.05, 3.63) is 108 Å². The van der Waals surface area contributed by atoms with Crippen molar-refractivity contribution in [1.82, 2.24) is 0 Å². The molecule has 0 radical (unpaired) electrons. The molecule has 0 saturated heterocycles. The first-order valence-electron chi connectivity index (χ1n) is 8.99. The molecule has 0 heterocycles. The molecule has 0 spiro atoms. The summed E-state index contributed by atoms with van der Waals surface area (Å²) in [5, 5.41) is 0. The minimum atomic E-state index is -0.233. The summed E-state index contributed by atoms with van der Waals surface area (Å²) in [5.41, 5.74) is 0. The van der Waals surface area contributed by atoms with E-state index in [2.05, 4.69) is 18.2 Å². The van der Waals surface area contributed by atoms with Crippen molar-refractivity contribution >= 4 is 71.6 Å². The van der Waals surface area contributed by atoms with Gasteiger partial charge >= 0.3 is 193 Å². The molecule has 0 atom stereocenters. The molecule has 0 saturated carbocycles. The molecule has 0 unspecified atom stereocenters. The summed E-state index contributed by atoms with van der Waals surface area (Å²) in [6.07, 6.45) is 0. The van der Waals surface area contributed by atoms with E-state index >= 15 is 0 Å². The van der Waals surface area contributed by atoms with Gasteiger partial charge in [-0.05, 0) is 0 Å². The topological polar surface area (TPSA) is 0 Å². The van der Waals surface area contributed by atoms with Gasteiger partial charge in [0.1, 0.15) is 0 Å². The van der Waals surface area contributed by atoms with Gasteiger partial charge in [0.25, 0.3) is 0 Å². The van der Waals surface area contributed by atoms with Crippen LogP contribution in [0.3, 0.4) is 0 Å². The molecule has 0 amide bonds. The van der Waals surface area contributed by atoms with E-state index in [1.54, 1.807) is 0 Å². The van der Waals surface area contributed by atoms with Crippen molar-refractivity contribution in [3.8, 4) is 0 Å². The van der Waals surface area contributed by atoms with Crippen LogP contribution in [0.15, 0.2) is 91.0 Å². The average molecular weight is 597 g/mol. The van der Waals surface area contributed by atoms with Crippen molar-refractivity contribution < 1.29 is 13.2 Å². The van der Waals surface area contributed by atoms with Crippen molar-refractivity contribution in [2.45, 2.75) is 0 Å². The van der Waals surface area contributed by atoms with Crippen molar-refractivity contribution in [2.75, 3.05) is 0 Å². The van der Waals surface area contributed by atoms with Crippen LogP contribution in [0, 0.1) is 17.5 Å². The number of halogens is 3. The molecule has 30 heavy (non-hydrogen) atoms. The maximum atomic E-state index is 13.3. The quantitative estimate of drug-likeness (QED) is 0.292. The van der Waals surface area contributed by atoms with E-state index < -0.39 is 0 Å². The van der Waals surface area contributed by atoms with E-state index in [0.29, 0.717) is 0 Å². The standard InChI is InChI=1S/C24H15F3Se3/c25-16-1-7-19(8-2-16)28-22-13-23(29-20-9-3-17(26)4-10-20)15-24(14-22)30-21-11-5-18(27)6-12-21/h1-15H. The molecule has 0 aromatic heterocycles. The second-order valence-corrected chi connectivity index (χ2v) is 13.5. The minimum absolute atomic E-state index is 0.0518. The van der Waals surface area contributed by atoms with Crippen LogP contribution in [0.25, 0.3) is 0 Å². The van der Waals surface area contributed by atoms with Gasteiger partial charge < -0.3 is 0 Å². The molecule has 0 N–H and O–H groups in total. The van der Waals surface area contributed by atoms with E-state index in [1.165, 1.54) is 49.8 Å². The van der Waals surface area contributed by atoms with Gasteiger partial charge in [0, 0.05) is 0 Å². The summed E-state index contributed by atoms with van der Waals surface area (Å²) >= 11 is 0.155. The number of benzene rings is 4. The Bertz CT molecular complexity index is 967. The van der Waals surface area contributed by atoms with Gasteiger partial charge in [0.15, 0.2) is 0 Å². The van der Waals surface area contributed by atoms with E-state index in [1.807, 2.05) is 36.4 Å². The third-order valence-electron chi connectivity index (χ3n) is 4.00. The number of hydrogen-bond acceptors (Lipinski definition) is 0. The molecular formula is C24H15F3Se3. The van der Waals surface area contributed by atoms with Crippen LogP contribution in [0.4, 0.5) is 13.2 Å². The first-order chi connectivity index (χ1) is 14.5. The fourth-order valence-corrected chi connectivity index (χ4v) is 9.54. The van der Waals surface area contributed by atoms with Crippen LogP contribution in [0.1, 0.15) is 0 Å². The summed E-state index contributed by atoms with van der Waals surface area (Å²) < 4.78 is 46.7. The normalized spacial score (nSPS) is 10.9. The van der Waals surface area contributed by atoms with Crippen LogP contribution in [-0.4, -0.2) is 44.9 Å². The van der Waals surface area contributed by atoms with Crippen molar-refractivity contribution in [2.24, 2.45) is 0 Å². The Morgan fingerprint density at radius 1 is 0.333 bits per heavy atom. The third-order valence-corrected chi connectivity index (χ3v) is 10.2.